The highest BCUT2D eigenvalue weighted by Crippen LogP contribution is 2.43. The number of hydrogen-bond donors (Lipinski definition) is 3. The maximum Gasteiger partial charge on any atom is 0.226 e. The van der Waals surface area contributed by atoms with Crippen LogP contribution >= 0.6 is 23.2 Å². The second-order valence-electron chi connectivity index (χ2n) is 14.3. The summed E-state index contributed by atoms with van der Waals surface area (Å²) >= 11 is 12.8. The van der Waals surface area contributed by atoms with Crippen LogP contribution in [0.15, 0.2) is 54.6 Å². The standard InChI is InChI=1S/C29H25Cl2FN4O.C7H8O.C5H9N/c1-15-19-14-22(23-8-4-12-36(23)29(37)16-9-10-16)35-27(19)20-13-17(5-3-11-33)24(26(32)28(20)34-15)18-6-2-7-21(30)25(18)31;1-6-4-2-3-5-7(6)8;1-4-2-5(1)6-3-4/h2,6-7,13-14,16,23,35H,3-5,8-10,12H2,1H3;2-5,8H,1H3;4-6H,1-3H2. The highest BCUT2D eigenvalue weighted by Gasteiger charge is 2.39. The van der Waals surface area contributed by atoms with Crippen molar-refractivity contribution in [2.75, 3.05) is 13.1 Å². The Morgan fingerprint density at radius 2 is 1.86 bits per heavy atom. The number of rotatable bonds is 5. The number of nitrogens with one attached hydrogen (secondary N) is 2. The highest BCUT2D eigenvalue weighted by atomic mass is 35.5. The summed E-state index contributed by atoms with van der Waals surface area (Å²) in [5.41, 5.74) is 5.10. The quantitative estimate of drug-likeness (QED) is 0.167. The number of likely N-dealkylation sites (tertiary alicyclic amines) is 1. The van der Waals surface area contributed by atoms with Gasteiger partial charge in [-0.1, -0.05) is 53.5 Å². The summed E-state index contributed by atoms with van der Waals surface area (Å²) in [4.78, 5) is 23.1. The van der Waals surface area contributed by atoms with Gasteiger partial charge in [0.15, 0.2) is 5.82 Å². The molecule has 2 aliphatic carbocycles. The molecule has 2 saturated carbocycles. The number of H-pyrrole nitrogens is 1. The number of carbonyl (C=O) groups excluding carboxylic acids is 1. The largest absolute Gasteiger partial charge is 0.508 e. The SMILES string of the molecule is C1NC2CC1C2.Cc1ccccc1O.Cc1nc2c(F)c(-c3cccc(Cl)c3Cl)c(CCC#N)cc2c2[nH]c(C3CCCN3C(=O)C3CC3)cc12. The molecule has 5 fully saturated rings. The molecule has 1 amide bonds. The molecule has 7 nitrogen and oxygen atoms in total. The molecule has 5 aromatic rings. The van der Waals surface area contributed by atoms with Crippen molar-refractivity contribution in [3.8, 4) is 22.9 Å². The number of aromatic amines is 1. The van der Waals surface area contributed by atoms with E-state index < -0.39 is 5.82 Å². The fourth-order valence-electron chi connectivity index (χ4n) is 7.63. The van der Waals surface area contributed by atoms with Crippen molar-refractivity contribution < 1.29 is 14.3 Å². The number of pyridine rings is 1. The number of amides is 1. The highest BCUT2D eigenvalue weighted by molar-refractivity contribution is 6.43. The van der Waals surface area contributed by atoms with Gasteiger partial charge in [-0.2, -0.15) is 5.26 Å². The van der Waals surface area contributed by atoms with Gasteiger partial charge in [-0.05, 0) is 107 Å². The summed E-state index contributed by atoms with van der Waals surface area (Å²) in [5.74, 6) is 1.38. The summed E-state index contributed by atoms with van der Waals surface area (Å²) in [7, 11) is 0. The molecule has 3 N–H and O–H groups in total. The van der Waals surface area contributed by atoms with E-state index in [1.54, 1.807) is 24.3 Å². The molecular weight excluding hydrogens is 684 g/mol. The van der Waals surface area contributed by atoms with Crippen LogP contribution in [-0.2, 0) is 11.2 Å². The number of nitriles is 1. The number of aromatic nitrogens is 2. The minimum atomic E-state index is -0.484. The third-order valence-corrected chi connectivity index (χ3v) is 11.5. The topological polar surface area (TPSA) is 105 Å². The Labute approximate surface area is 307 Å². The molecule has 0 radical (unpaired) electrons. The van der Waals surface area contributed by atoms with Crippen molar-refractivity contribution in [3.05, 3.63) is 93.0 Å². The Balaban J connectivity index is 0.000000238. The number of phenols is 1. The van der Waals surface area contributed by atoms with Crippen molar-refractivity contribution in [3.63, 3.8) is 0 Å². The minimum Gasteiger partial charge on any atom is -0.508 e. The number of aromatic hydroxyl groups is 1. The van der Waals surface area contributed by atoms with E-state index in [9.17, 15) is 10.1 Å². The average molecular weight is 727 g/mol. The number of hydrogen-bond acceptors (Lipinski definition) is 5. The number of benzene rings is 3. The van der Waals surface area contributed by atoms with Crippen molar-refractivity contribution in [2.24, 2.45) is 11.8 Å². The molecule has 1 unspecified atom stereocenters. The van der Waals surface area contributed by atoms with Crippen LogP contribution in [0.4, 0.5) is 4.39 Å². The van der Waals surface area contributed by atoms with Gasteiger partial charge >= 0.3 is 0 Å². The van der Waals surface area contributed by atoms with E-state index in [0.717, 1.165) is 66.3 Å². The number of fused-ring (bicyclic) bond motifs is 4. The first-order valence-corrected chi connectivity index (χ1v) is 18.6. The predicted octanol–water partition coefficient (Wildman–Crippen LogP) is 9.74. The summed E-state index contributed by atoms with van der Waals surface area (Å²) < 4.78 is 16.3. The fourth-order valence-corrected chi connectivity index (χ4v) is 8.03. The van der Waals surface area contributed by atoms with Gasteiger partial charge in [0.1, 0.15) is 11.3 Å². The molecule has 3 aromatic carbocycles. The molecule has 3 saturated heterocycles. The van der Waals surface area contributed by atoms with Gasteiger partial charge in [0, 0.05) is 58.2 Å². The summed E-state index contributed by atoms with van der Waals surface area (Å²) in [6.07, 6.45) is 7.35. The number of nitrogens with zero attached hydrogens (tertiary/aromatic N) is 3. The Hall–Kier alpha value is -4.16. The van der Waals surface area contributed by atoms with Crippen molar-refractivity contribution in [2.45, 2.75) is 77.3 Å². The lowest BCUT2D eigenvalue weighted by atomic mass is 9.87. The number of carbonyl (C=O) groups is 1. The molecule has 264 valence electrons. The van der Waals surface area contributed by atoms with Gasteiger partial charge in [0.25, 0.3) is 0 Å². The average Bonchev–Trinajstić information content (AvgIpc) is 3.51. The van der Waals surface area contributed by atoms with Crippen molar-refractivity contribution in [1.82, 2.24) is 20.2 Å². The lowest BCUT2D eigenvalue weighted by Gasteiger charge is -2.24. The van der Waals surface area contributed by atoms with Crippen LogP contribution in [0.3, 0.4) is 0 Å². The van der Waals surface area contributed by atoms with Crippen LogP contribution in [0, 0.1) is 42.8 Å². The van der Waals surface area contributed by atoms with Crippen LogP contribution in [0.2, 0.25) is 10.0 Å². The predicted molar refractivity (Wildman–Crippen MR) is 201 cm³/mol. The minimum absolute atomic E-state index is 0.0117. The van der Waals surface area contributed by atoms with E-state index in [2.05, 4.69) is 27.4 Å². The van der Waals surface area contributed by atoms with E-state index in [-0.39, 0.29) is 34.8 Å². The molecule has 2 aromatic heterocycles. The van der Waals surface area contributed by atoms with Crippen molar-refractivity contribution in [1.29, 1.82) is 5.26 Å². The third-order valence-electron chi connectivity index (χ3n) is 10.7. The van der Waals surface area contributed by atoms with E-state index in [1.807, 2.05) is 43.0 Å². The van der Waals surface area contributed by atoms with Gasteiger partial charge < -0.3 is 20.3 Å². The third kappa shape index (κ3) is 7.17. The molecule has 5 heterocycles. The van der Waals surface area contributed by atoms with Gasteiger partial charge in [-0.25, -0.2) is 9.37 Å². The number of aryl methyl sites for hydroxylation is 3. The molecule has 10 rings (SSSR count). The summed E-state index contributed by atoms with van der Waals surface area (Å²) in [6.45, 7) is 5.82. The molecular formula is C41H42Cl2FN5O2. The van der Waals surface area contributed by atoms with Gasteiger partial charge in [0.2, 0.25) is 5.91 Å². The van der Waals surface area contributed by atoms with Crippen LogP contribution < -0.4 is 5.32 Å². The maximum absolute atomic E-state index is 16.3. The molecule has 5 aliphatic rings. The lowest BCUT2D eigenvalue weighted by Crippen LogP contribution is -2.31. The Morgan fingerprint density at radius 1 is 1.08 bits per heavy atom. The van der Waals surface area contributed by atoms with Gasteiger partial charge in [-0.15, -0.1) is 0 Å². The smallest absolute Gasteiger partial charge is 0.226 e. The second-order valence-corrected chi connectivity index (χ2v) is 15.1. The normalized spacial score (nSPS) is 20.3. The van der Waals surface area contributed by atoms with Gasteiger partial charge in [0.05, 0.1) is 27.7 Å². The number of halogens is 3. The van der Waals surface area contributed by atoms with Crippen LogP contribution in [0.5, 0.6) is 5.75 Å². The van der Waals surface area contributed by atoms with Gasteiger partial charge in [-0.3, -0.25) is 4.79 Å². The molecule has 3 aliphatic heterocycles. The Kier molecular flexibility index (Phi) is 10.2. The maximum atomic E-state index is 16.3. The van der Waals surface area contributed by atoms with E-state index in [1.165, 1.54) is 19.4 Å². The van der Waals surface area contributed by atoms with E-state index in [4.69, 9.17) is 28.3 Å². The fraction of sp³-hybridized carbons (Fsp3) is 0.390. The molecule has 1 atom stereocenters. The lowest BCUT2D eigenvalue weighted by molar-refractivity contribution is -0.133. The van der Waals surface area contributed by atoms with Crippen LogP contribution in [0.1, 0.15) is 73.5 Å². The first-order chi connectivity index (χ1) is 24.6. The first kappa shape index (κ1) is 35.3. The zero-order chi connectivity index (χ0) is 35.8. The number of phenolic OH excluding ortho intramolecular Hbond substituents is 1. The summed E-state index contributed by atoms with van der Waals surface area (Å²) in [6, 6.07) is 19.5. The second kappa shape index (κ2) is 14.8. The van der Waals surface area contributed by atoms with E-state index in [0.29, 0.717) is 45.0 Å². The zero-order valence-corrected chi connectivity index (χ0v) is 30.4. The zero-order valence-electron chi connectivity index (χ0n) is 28.9. The Morgan fingerprint density at radius 3 is 2.49 bits per heavy atom. The summed E-state index contributed by atoms with van der Waals surface area (Å²) in [5, 5.41) is 23.7. The van der Waals surface area contributed by atoms with Crippen LogP contribution in [0.25, 0.3) is 32.9 Å². The Bertz CT molecular complexity index is 2120. The molecule has 2 bridgehead atoms. The number of para-hydroxylation sites is 1. The van der Waals surface area contributed by atoms with Crippen LogP contribution in [-0.4, -0.2) is 45.0 Å². The van der Waals surface area contributed by atoms with E-state index >= 15 is 4.39 Å². The van der Waals surface area contributed by atoms with Crippen molar-refractivity contribution >= 4 is 50.9 Å². The molecule has 0 spiro atoms. The molecule has 51 heavy (non-hydrogen) atoms. The monoisotopic (exact) mass is 725 g/mol. The first-order valence-electron chi connectivity index (χ1n) is 17.9. The molecule has 10 heteroatoms.